The Labute approximate surface area is 132 Å². The minimum atomic E-state index is 0.150. The molecule has 0 N–H and O–H groups in total. The van der Waals surface area contributed by atoms with Gasteiger partial charge in [-0.3, -0.25) is 4.79 Å². The van der Waals surface area contributed by atoms with Crippen molar-refractivity contribution in [2.24, 2.45) is 0 Å². The molecule has 0 saturated heterocycles. The Morgan fingerprint density at radius 1 is 1.14 bits per heavy atom. The number of likely N-dealkylation sites (N-methyl/N-ethyl adjacent to an activating group) is 1. The molecule has 1 unspecified atom stereocenters. The minimum Gasteiger partial charge on any atom is -0.359 e. The standard InChI is InChI=1S/C19H22N2O/c1-3-20(17-10-5-4-6-11-17)19(22)14-21-15(2)13-16-9-7-8-12-18(16)21/h4-12,15H,3,13-14H2,1-2H3. The predicted octanol–water partition coefficient (Wildman–Crippen LogP) is 3.49. The highest BCUT2D eigenvalue weighted by Crippen LogP contribution is 2.31. The predicted molar refractivity (Wildman–Crippen MR) is 91.4 cm³/mol. The lowest BCUT2D eigenvalue weighted by atomic mass is 10.1. The van der Waals surface area contributed by atoms with Crippen molar-refractivity contribution in [1.29, 1.82) is 0 Å². The second kappa shape index (κ2) is 6.22. The Hall–Kier alpha value is -2.29. The van der Waals surface area contributed by atoms with Gasteiger partial charge in [0.15, 0.2) is 0 Å². The van der Waals surface area contributed by atoms with E-state index < -0.39 is 0 Å². The van der Waals surface area contributed by atoms with Crippen LogP contribution < -0.4 is 9.80 Å². The molecule has 0 spiro atoms. The molecule has 114 valence electrons. The van der Waals surface area contributed by atoms with Crippen LogP contribution in [0.15, 0.2) is 54.6 Å². The normalized spacial score (nSPS) is 16.5. The fourth-order valence-electron chi connectivity index (χ4n) is 3.21. The number of amides is 1. The van der Waals surface area contributed by atoms with Gasteiger partial charge in [-0.1, -0.05) is 36.4 Å². The van der Waals surface area contributed by atoms with Crippen molar-refractivity contribution in [3.8, 4) is 0 Å². The van der Waals surface area contributed by atoms with E-state index in [1.807, 2.05) is 48.2 Å². The Morgan fingerprint density at radius 3 is 2.55 bits per heavy atom. The van der Waals surface area contributed by atoms with Gasteiger partial charge < -0.3 is 9.80 Å². The molecule has 0 aliphatic carbocycles. The largest absolute Gasteiger partial charge is 0.359 e. The Kier molecular flexibility index (Phi) is 4.14. The molecule has 3 heteroatoms. The summed E-state index contributed by atoms with van der Waals surface area (Å²) in [5.41, 5.74) is 3.51. The van der Waals surface area contributed by atoms with Gasteiger partial charge in [-0.25, -0.2) is 0 Å². The monoisotopic (exact) mass is 294 g/mol. The van der Waals surface area contributed by atoms with Crippen LogP contribution in [0.3, 0.4) is 0 Å². The maximum atomic E-state index is 12.8. The van der Waals surface area contributed by atoms with E-state index in [0.717, 1.165) is 12.1 Å². The van der Waals surface area contributed by atoms with E-state index in [9.17, 15) is 4.79 Å². The van der Waals surface area contributed by atoms with Crippen molar-refractivity contribution in [1.82, 2.24) is 0 Å². The van der Waals surface area contributed by atoms with Gasteiger partial charge >= 0.3 is 0 Å². The number of anilines is 2. The van der Waals surface area contributed by atoms with Crippen LogP contribution in [-0.2, 0) is 11.2 Å². The Morgan fingerprint density at radius 2 is 1.82 bits per heavy atom. The number of hydrogen-bond acceptors (Lipinski definition) is 2. The van der Waals surface area contributed by atoms with Crippen molar-refractivity contribution >= 4 is 17.3 Å². The van der Waals surface area contributed by atoms with E-state index in [4.69, 9.17) is 0 Å². The van der Waals surface area contributed by atoms with Crippen LogP contribution in [0.1, 0.15) is 19.4 Å². The van der Waals surface area contributed by atoms with Gasteiger partial charge in [-0.15, -0.1) is 0 Å². The highest BCUT2D eigenvalue weighted by Gasteiger charge is 2.28. The second-order valence-electron chi connectivity index (χ2n) is 5.78. The summed E-state index contributed by atoms with van der Waals surface area (Å²) in [6.07, 6.45) is 1.01. The van der Waals surface area contributed by atoms with Gasteiger partial charge in [0.25, 0.3) is 0 Å². The summed E-state index contributed by atoms with van der Waals surface area (Å²) in [6, 6.07) is 18.7. The number of rotatable bonds is 4. The van der Waals surface area contributed by atoms with E-state index in [1.165, 1.54) is 11.3 Å². The molecular formula is C19H22N2O. The molecule has 1 atom stereocenters. The van der Waals surface area contributed by atoms with Crippen molar-refractivity contribution in [2.45, 2.75) is 26.3 Å². The summed E-state index contributed by atoms with van der Waals surface area (Å²) >= 11 is 0. The lowest BCUT2D eigenvalue weighted by Gasteiger charge is -2.28. The number of carbonyl (C=O) groups is 1. The topological polar surface area (TPSA) is 23.6 Å². The SMILES string of the molecule is CCN(C(=O)CN1c2ccccc2CC1C)c1ccccc1. The molecule has 0 saturated carbocycles. The third-order valence-corrected chi connectivity index (χ3v) is 4.34. The molecule has 1 amide bonds. The Balaban J connectivity index is 1.79. The highest BCUT2D eigenvalue weighted by molar-refractivity contribution is 5.96. The van der Waals surface area contributed by atoms with Crippen LogP contribution in [0.25, 0.3) is 0 Å². The molecule has 3 nitrogen and oxygen atoms in total. The summed E-state index contributed by atoms with van der Waals surface area (Å²) in [5.74, 6) is 0.150. The quantitative estimate of drug-likeness (QED) is 0.862. The molecule has 2 aromatic carbocycles. The molecule has 22 heavy (non-hydrogen) atoms. The Bertz CT molecular complexity index is 653. The summed E-state index contributed by atoms with van der Waals surface area (Å²) < 4.78 is 0. The second-order valence-corrected chi connectivity index (χ2v) is 5.78. The van der Waals surface area contributed by atoms with Gasteiger partial charge in [-0.05, 0) is 44.0 Å². The molecule has 0 aromatic heterocycles. The zero-order valence-electron chi connectivity index (χ0n) is 13.2. The van der Waals surface area contributed by atoms with E-state index in [2.05, 4.69) is 30.0 Å². The third-order valence-electron chi connectivity index (χ3n) is 4.34. The first-order valence-electron chi connectivity index (χ1n) is 7.90. The molecule has 0 fully saturated rings. The molecule has 1 aliphatic heterocycles. The number of para-hydroxylation sites is 2. The van der Waals surface area contributed by atoms with Gasteiger partial charge in [0.1, 0.15) is 0 Å². The lowest BCUT2D eigenvalue weighted by Crippen LogP contribution is -2.42. The molecule has 1 aliphatic rings. The first-order chi connectivity index (χ1) is 10.7. The average Bonchev–Trinajstić information content (AvgIpc) is 2.85. The van der Waals surface area contributed by atoms with E-state index in [-0.39, 0.29) is 5.91 Å². The summed E-state index contributed by atoms with van der Waals surface area (Å²) in [4.78, 5) is 16.9. The lowest BCUT2D eigenvalue weighted by molar-refractivity contribution is -0.117. The fourth-order valence-corrected chi connectivity index (χ4v) is 3.21. The molecule has 2 aromatic rings. The van der Waals surface area contributed by atoms with E-state index >= 15 is 0 Å². The van der Waals surface area contributed by atoms with E-state index in [0.29, 0.717) is 19.1 Å². The summed E-state index contributed by atoms with van der Waals surface area (Å²) in [6.45, 7) is 5.33. The summed E-state index contributed by atoms with van der Waals surface area (Å²) in [5, 5.41) is 0. The number of carbonyl (C=O) groups excluding carboxylic acids is 1. The number of fused-ring (bicyclic) bond motifs is 1. The summed E-state index contributed by atoms with van der Waals surface area (Å²) in [7, 11) is 0. The van der Waals surface area contributed by atoms with Crippen molar-refractivity contribution in [3.63, 3.8) is 0 Å². The highest BCUT2D eigenvalue weighted by atomic mass is 16.2. The molecule has 0 bridgehead atoms. The van der Waals surface area contributed by atoms with Gasteiger partial charge in [-0.2, -0.15) is 0 Å². The average molecular weight is 294 g/mol. The number of nitrogens with zero attached hydrogens (tertiary/aromatic N) is 2. The van der Waals surface area contributed by atoms with Crippen molar-refractivity contribution in [2.75, 3.05) is 22.9 Å². The zero-order valence-corrected chi connectivity index (χ0v) is 13.2. The van der Waals surface area contributed by atoms with Gasteiger partial charge in [0.2, 0.25) is 5.91 Å². The van der Waals surface area contributed by atoms with E-state index in [1.54, 1.807) is 0 Å². The zero-order chi connectivity index (χ0) is 15.5. The maximum absolute atomic E-state index is 12.8. The molecule has 0 radical (unpaired) electrons. The first kappa shape index (κ1) is 14.6. The van der Waals surface area contributed by atoms with Crippen molar-refractivity contribution in [3.05, 3.63) is 60.2 Å². The molecule has 3 rings (SSSR count). The molecular weight excluding hydrogens is 272 g/mol. The van der Waals surface area contributed by atoms with Gasteiger partial charge in [0.05, 0.1) is 6.54 Å². The van der Waals surface area contributed by atoms with Crippen molar-refractivity contribution < 1.29 is 4.79 Å². The van der Waals surface area contributed by atoms with Crippen LogP contribution in [-0.4, -0.2) is 25.0 Å². The first-order valence-corrected chi connectivity index (χ1v) is 7.90. The third kappa shape index (κ3) is 2.71. The number of hydrogen-bond donors (Lipinski definition) is 0. The van der Waals surface area contributed by atoms with Crippen LogP contribution in [0.4, 0.5) is 11.4 Å². The van der Waals surface area contributed by atoms with Crippen LogP contribution >= 0.6 is 0 Å². The van der Waals surface area contributed by atoms with Crippen LogP contribution in [0.5, 0.6) is 0 Å². The smallest absolute Gasteiger partial charge is 0.246 e. The maximum Gasteiger partial charge on any atom is 0.246 e. The minimum absolute atomic E-state index is 0.150. The van der Waals surface area contributed by atoms with Gasteiger partial charge in [0, 0.05) is 24.0 Å². The fraction of sp³-hybridized carbons (Fsp3) is 0.316. The van der Waals surface area contributed by atoms with Crippen LogP contribution in [0.2, 0.25) is 0 Å². The molecule has 1 heterocycles. The van der Waals surface area contributed by atoms with Crippen LogP contribution in [0, 0.1) is 0 Å². The number of benzene rings is 2.